The van der Waals surface area contributed by atoms with E-state index >= 15 is 0 Å². The Hall–Kier alpha value is -2.60. The molecule has 6 nitrogen and oxygen atoms in total. The number of fused-ring (bicyclic) bond motifs is 1. The minimum atomic E-state index is -0.332. The van der Waals surface area contributed by atoms with Gasteiger partial charge in [-0.1, -0.05) is 6.07 Å². The second kappa shape index (κ2) is 7.31. The first kappa shape index (κ1) is 16.3. The molecule has 0 saturated heterocycles. The van der Waals surface area contributed by atoms with Crippen molar-refractivity contribution in [3.63, 3.8) is 0 Å². The molecule has 126 valence electrons. The number of aromatic nitrogens is 3. The molecule has 3 aromatic rings. The Kier molecular flexibility index (Phi) is 4.96. The van der Waals surface area contributed by atoms with Gasteiger partial charge in [0.25, 0.3) is 0 Å². The van der Waals surface area contributed by atoms with Crippen LogP contribution in [0.15, 0.2) is 36.7 Å². The van der Waals surface area contributed by atoms with E-state index in [2.05, 4.69) is 10.1 Å². The minimum absolute atomic E-state index is 0.332. The van der Waals surface area contributed by atoms with Gasteiger partial charge in [-0.2, -0.15) is 5.10 Å². The number of nitrogens with one attached hydrogen (secondary N) is 1. The third kappa shape index (κ3) is 3.49. The lowest BCUT2D eigenvalue weighted by Gasteiger charge is -2.00. The van der Waals surface area contributed by atoms with Crippen LogP contribution in [0.2, 0.25) is 0 Å². The topological polar surface area (TPSA) is 69.1 Å². The van der Waals surface area contributed by atoms with Crippen molar-refractivity contribution in [1.82, 2.24) is 14.8 Å². The molecule has 0 spiro atoms. The molecule has 0 atom stereocenters. The molecule has 0 bridgehead atoms. The van der Waals surface area contributed by atoms with Crippen LogP contribution in [0.5, 0.6) is 0 Å². The molecule has 0 radical (unpaired) electrons. The minimum Gasteiger partial charge on any atom is -0.461 e. The Bertz CT molecular complexity index is 835. The Morgan fingerprint density at radius 1 is 1.29 bits per heavy atom. The van der Waals surface area contributed by atoms with Crippen molar-refractivity contribution >= 4 is 16.9 Å². The zero-order valence-electron chi connectivity index (χ0n) is 13.9. The van der Waals surface area contributed by atoms with Crippen LogP contribution in [-0.4, -0.2) is 41.1 Å². The summed E-state index contributed by atoms with van der Waals surface area (Å²) in [5, 5.41) is 5.36. The van der Waals surface area contributed by atoms with Gasteiger partial charge in [-0.3, -0.25) is 4.68 Å². The summed E-state index contributed by atoms with van der Waals surface area (Å²) in [6.07, 6.45) is 4.81. The number of benzene rings is 1. The van der Waals surface area contributed by atoms with Crippen LogP contribution >= 0.6 is 0 Å². The van der Waals surface area contributed by atoms with Gasteiger partial charge in [0.2, 0.25) is 0 Å². The summed E-state index contributed by atoms with van der Waals surface area (Å²) in [5.41, 5.74) is 3.50. The Labute approximate surface area is 140 Å². The van der Waals surface area contributed by atoms with Crippen molar-refractivity contribution < 1.29 is 14.3 Å². The molecule has 0 saturated carbocycles. The number of esters is 1. The van der Waals surface area contributed by atoms with Gasteiger partial charge < -0.3 is 14.5 Å². The van der Waals surface area contributed by atoms with Crippen molar-refractivity contribution in [2.45, 2.75) is 19.9 Å². The summed E-state index contributed by atoms with van der Waals surface area (Å²) in [7, 11) is 1.70. The zero-order chi connectivity index (χ0) is 16.9. The first-order valence-corrected chi connectivity index (χ1v) is 8.03. The number of rotatable bonds is 7. The van der Waals surface area contributed by atoms with Gasteiger partial charge in [-0.25, -0.2) is 4.79 Å². The van der Waals surface area contributed by atoms with Gasteiger partial charge in [-0.05, 0) is 37.1 Å². The molecule has 6 heteroatoms. The summed E-state index contributed by atoms with van der Waals surface area (Å²) in [4.78, 5) is 14.9. The fourth-order valence-corrected chi connectivity index (χ4v) is 2.64. The maximum absolute atomic E-state index is 11.8. The van der Waals surface area contributed by atoms with Crippen molar-refractivity contribution in [2.24, 2.45) is 0 Å². The summed E-state index contributed by atoms with van der Waals surface area (Å²) >= 11 is 0. The largest absolute Gasteiger partial charge is 0.461 e. The van der Waals surface area contributed by atoms with E-state index in [4.69, 9.17) is 9.47 Å². The van der Waals surface area contributed by atoms with Gasteiger partial charge in [0.05, 0.1) is 12.8 Å². The first-order chi connectivity index (χ1) is 11.7. The molecule has 0 fully saturated rings. The van der Waals surface area contributed by atoms with Crippen LogP contribution in [0.4, 0.5) is 0 Å². The van der Waals surface area contributed by atoms with Crippen molar-refractivity contribution in [1.29, 1.82) is 0 Å². The number of hydrogen-bond acceptors (Lipinski definition) is 4. The van der Waals surface area contributed by atoms with Gasteiger partial charge >= 0.3 is 5.97 Å². The number of H-pyrrole nitrogens is 1. The van der Waals surface area contributed by atoms with E-state index in [0.717, 1.165) is 41.6 Å². The maximum Gasteiger partial charge on any atom is 0.354 e. The molecule has 0 aliphatic heterocycles. The lowest BCUT2D eigenvalue weighted by Crippen LogP contribution is -2.04. The molecule has 0 amide bonds. The standard InChI is InChI=1S/C18H21N3O3/c1-3-24-18(22)17-10-14-9-13(5-6-16(14)20-17)15-11-19-21(12-15)7-4-8-23-2/h5-6,9-12,20H,3-4,7-8H2,1-2H3. The molecule has 0 aliphatic rings. The zero-order valence-corrected chi connectivity index (χ0v) is 13.9. The summed E-state index contributed by atoms with van der Waals surface area (Å²) in [5.74, 6) is -0.332. The summed E-state index contributed by atoms with van der Waals surface area (Å²) < 4.78 is 12.0. The van der Waals surface area contributed by atoms with Crippen molar-refractivity contribution in [3.05, 3.63) is 42.4 Å². The second-order valence-corrected chi connectivity index (χ2v) is 5.54. The average Bonchev–Trinajstić information content (AvgIpc) is 3.21. The number of ether oxygens (including phenoxy) is 2. The normalized spacial score (nSPS) is 11.1. The fourth-order valence-electron chi connectivity index (χ4n) is 2.64. The maximum atomic E-state index is 11.8. The van der Waals surface area contributed by atoms with Gasteiger partial charge in [-0.15, -0.1) is 0 Å². The van der Waals surface area contributed by atoms with Crippen LogP contribution in [0.3, 0.4) is 0 Å². The van der Waals surface area contributed by atoms with E-state index in [1.54, 1.807) is 14.0 Å². The Morgan fingerprint density at radius 3 is 2.96 bits per heavy atom. The molecule has 1 N–H and O–H groups in total. The Morgan fingerprint density at radius 2 is 2.17 bits per heavy atom. The number of aryl methyl sites for hydroxylation is 1. The van der Waals surface area contributed by atoms with E-state index < -0.39 is 0 Å². The van der Waals surface area contributed by atoms with Crippen LogP contribution in [0, 0.1) is 0 Å². The highest BCUT2D eigenvalue weighted by molar-refractivity contribution is 5.96. The molecule has 24 heavy (non-hydrogen) atoms. The van der Waals surface area contributed by atoms with Crippen LogP contribution < -0.4 is 0 Å². The van der Waals surface area contributed by atoms with Crippen LogP contribution in [0.1, 0.15) is 23.8 Å². The molecule has 3 rings (SSSR count). The SMILES string of the molecule is CCOC(=O)c1cc2cc(-c3cnn(CCCOC)c3)ccc2[nH]1. The number of carbonyl (C=O) groups excluding carboxylic acids is 1. The number of methoxy groups -OCH3 is 1. The van der Waals surface area contributed by atoms with Crippen molar-refractivity contribution in [3.8, 4) is 11.1 Å². The van der Waals surface area contributed by atoms with E-state index in [9.17, 15) is 4.79 Å². The molecule has 0 unspecified atom stereocenters. The molecule has 2 heterocycles. The molecular formula is C18H21N3O3. The number of carbonyl (C=O) groups is 1. The number of nitrogens with zero attached hydrogens (tertiary/aromatic N) is 2. The summed E-state index contributed by atoms with van der Waals surface area (Å²) in [6, 6.07) is 7.85. The van der Waals surface area contributed by atoms with Crippen LogP contribution in [0.25, 0.3) is 22.0 Å². The van der Waals surface area contributed by atoms with Crippen LogP contribution in [-0.2, 0) is 16.0 Å². The predicted molar refractivity (Wildman–Crippen MR) is 92.0 cm³/mol. The van der Waals surface area contributed by atoms with E-state index in [-0.39, 0.29) is 5.97 Å². The average molecular weight is 327 g/mol. The lowest BCUT2D eigenvalue weighted by molar-refractivity contribution is 0.0520. The highest BCUT2D eigenvalue weighted by Gasteiger charge is 2.11. The van der Waals surface area contributed by atoms with E-state index in [1.807, 2.05) is 41.3 Å². The van der Waals surface area contributed by atoms with Crippen molar-refractivity contribution in [2.75, 3.05) is 20.3 Å². The number of aromatic amines is 1. The molecule has 0 aliphatic carbocycles. The highest BCUT2D eigenvalue weighted by Crippen LogP contribution is 2.25. The monoisotopic (exact) mass is 327 g/mol. The molecular weight excluding hydrogens is 306 g/mol. The first-order valence-electron chi connectivity index (χ1n) is 8.03. The Balaban J connectivity index is 1.81. The van der Waals surface area contributed by atoms with E-state index in [0.29, 0.717) is 12.3 Å². The van der Waals surface area contributed by atoms with Gasteiger partial charge in [0.1, 0.15) is 5.69 Å². The van der Waals surface area contributed by atoms with E-state index in [1.165, 1.54) is 0 Å². The van der Waals surface area contributed by atoms with Gasteiger partial charge in [0.15, 0.2) is 0 Å². The second-order valence-electron chi connectivity index (χ2n) is 5.54. The summed E-state index contributed by atoms with van der Waals surface area (Å²) in [6.45, 7) is 3.71. The molecule has 1 aromatic carbocycles. The lowest BCUT2D eigenvalue weighted by atomic mass is 10.1. The van der Waals surface area contributed by atoms with Gasteiger partial charge in [0, 0.05) is 42.9 Å². The quantitative estimate of drug-likeness (QED) is 0.534. The predicted octanol–water partition coefficient (Wildman–Crippen LogP) is 3.24. The third-order valence-corrected chi connectivity index (χ3v) is 3.82. The third-order valence-electron chi connectivity index (χ3n) is 3.82. The fraction of sp³-hybridized carbons (Fsp3) is 0.333. The molecule has 2 aromatic heterocycles. The highest BCUT2D eigenvalue weighted by atomic mass is 16.5. The number of hydrogen-bond donors (Lipinski definition) is 1. The smallest absolute Gasteiger partial charge is 0.354 e.